The van der Waals surface area contributed by atoms with E-state index in [2.05, 4.69) is 41.3 Å². The Kier molecular flexibility index (Phi) is 3.63. The van der Waals surface area contributed by atoms with Gasteiger partial charge in [0.25, 0.3) is 0 Å². The number of rotatable bonds is 3. The van der Waals surface area contributed by atoms with E-state index >= 15 is 0 Å². The average Bonchev–Trinajstić information content (AvgIpc) is 3.19. The smallest absolute Gasteiger partial charge is 0.226 e. The van der Waals surface area contributed by atoms with Crippen LogP contribution in [0.4, 0.5) is 0 Å². The van der Waals surface area contributed by atoms with Gasteiger partial charge in [0.2, 0.25) is 5.91 Å². The molecular formula is C18H22N4O. The number of hydrogen-bond acceptors (Lipinski definition) is 3. The van der Waals surface area contributed by atoms with Crippen molar-refractivity contribution in [2.45, 2.75) is 38.1 Å². The second-order valence-electron chi connectivity index (χ2n) is 6.82. The topological polar surface area (TPSA) is 51.0 Å². The molecule has 0 N–H and O–H groups in total. The Morgan fingerprint density at radius 2 is 2.26 bits per heavy atom. The number of amides is 1. The number of likely N-dealkylation sites (tertiary alicyclic amines) is 1. The van der Waals surface area contributed by atoms with Gasteiger partial charge >= 0.3 is 0 Å². The molecule has 2 aromatic rings. The Balaban J connectivity index is 1.42. The summed E-state index contributed by atoms with van der Waals surface area (Å²) in [6, 6.07) is 8.83. The van der Waals surface area contributed by atoms with Gasteiger partial charge in [0.05, 0.1) is 6.04 Å². The van der Waals surface area contributed by atoms with Crippen LogP contribution in [0.3, 0.4) is 0 Å². The minimum absolute atomic E-state index is 0.172. The van der Waals surface area contributed by atoms with Crippen LogP contribution in [0.25, 0.3) is 0 Å². The Hall–Kier alpha value is -2.17. The van der Waals surface area contributed by atoms with E-state index in [-0.39, 0.29) is 12.0 Å². The van der Waals surface area contributed by atoms with Crippen molar-refractivity contribution in [1.82, 2.24) is 19.7 Å². The average molecular weight is 310 g/mol. The molecule has 1 aromatic carbocycles. The maximum Gasteiger partial charge on any atom is 0.226 e. The van der Waals surface area contributed by atoms with Gasteiger partial charge < -0.3 is 4.90 Å². The van der Waals surface area contributed by atoms with E-state index in [1.807, 2.05) is 9.58 Å². The third-order valence-electron chi connectivity index (χ3n) is 5.10. The highest BCUT2D eigenvalue weighted by Gasteiger charge is 2.46. The summed E-state index contributed by atoms with van der Waals surface area (Å²) in [7, 11) is 0. The molecule has 5 nitrogen and oxygen atoms in total. The summed E-state index contributed by atoms with van der Waals surface area (Å²) in [5.74, 6) is 0.904. The first kappa shape index (κ1) is 14.4. The third-order valence-corrected chi connectivity index (χ3v) is 5.10. The molecule has 0 radical (unpaired) electrons. The number of aromatic nitrogens is 3. The van der Waals surface area contributed by atoms with Gasteiger partial charge in [-0.1, -0.05) is 29.8 Å². The number of carbonyl (C=O) groups is 1. The minimum Gasteiger partial charge on any atom is -0.340 e. The predicted molar refractivity (Wildman–Crippen MR) is 86.9 cm³/mol. The maximum absolute atomic E-state index is 12.8. The molecule has 1 aliphatic heterocycles. The van der Waals surface area contributed by atoms with Gasteiger partial charge in [-0.2, -0.15) is 5.10 Å². The highest BCUT2D eigenvalue weighted by atomic mass is 16.2. The fourth-order valence-corrected chi connectivity index (χ4v) is 3.75. The fourth-order valence-electron chi connectivity index (χ4n) is 3.75. The molecular weight excluding hydrogens is 288 g/mol. The van der Waals surface area contributed by atoms with Crippen LogP contribution in [-0.2, 0) is 4.79 Å². The van der Waals surface area contributed by atoms with Gasteiger partial charge in [0.1, 0.15) is 12.7 Å². The highest BCUT2D eigenvalue weighted by Crippen LogP contribution is 2.49. The van der Waals surface area contributed by atoms with Crippen LogP contribution in [0.15, 0.2) is 36.9 Å². The fraction of sp³-hybridized carbons (Fsp3) is 0.500. The predicted octanol–water partition coefficient (Wildman–Crippen LogP) is 2.55. The van der Waals surface area contributed by atoms with E-state index in [1.54, 1.807) is 12.7 Å². The van der Waals surface area contributed by atoms with Crippen molar-refractivity contribution < 1.29 is 4.79 Å². The first-order chi connectivity index (χ1) is 11.2. The van der Waals surface area contributed by atoms with Crippen molar-refractivity contribution in [3.8, 4) is 0 Å². The maximum atomic E-state index is 12.8. The molecule has 1 aliphatic carbocycles. The molecule has 0 bridgehead atoms. The molecule has 120 valence electrons. The van der Waals surface area contributed by atoms with Gasteiger partial charge in [-0.25, -0.2) is 9.67 Å². The molecule has 1 saturated heterocycles. The Labute approximate surface area is 136 Å². The lowest BCUT2D eigenvalue weighted by Crippen LogP contribution is -2.41. The normalized spacial score (nSPS) is 27.0. The quantitative estimate of drug-likeness (QED) is 0.875. The summed E-state index contributed by atoms with van der Waals surface area (Å²) in [6.45, 7) is 3.75. The molecule has 2 heterocycles. The van der Waals surface area contributed by atoms with Gasteiger partial charge in [-0.15, -0.1) is 0 Å². The van der Waals surface area contributed by atoms with Crippen molar-refractivity contribution in [2.24, 2.45) is 5.92 Å². The van der Waals surface area contributed by atoms with Crippen molar-refractivity contribution in [3.05, 3.63) is 48.0 Å². The molecule has 1 saturated carbocycles. The molecule has 2 aliphatic rings. The second-order valence-corrected chi connectivity index (χ2v) is 6.82. The molecule has 23 heavy (non-hydrogen) atoms. The summed E-state index contributed by atoms with van der Waals surface area (Å²) in [5, 5.41) is 4.23. The van der Waals surface area contributed by atoms with E-state index < -0.39 is 0 Å². The Bertz CT molecular complexity index is 697. The van der Waals surface area contributed by atoms with E-state index in [0.29, 0.717) is 11.8 Å². The molecule has 2 fully saturated rings. The summed E-state index contributed by atoms with van der Waals surface area (Å²) < 4.78 is 1.89. The molecule has 4 rings (SSSR count). The standard InChI is InChI=1S/C18H22N4O/c1-13-4-2-5-14(8-13)16-9-17(16)18(23)21-7-3-6-15(10-21)22-12-19-11-20-22/h2,4-5,8,11-12,15-17H,3,6-7,9-10H2,1H3/t15-,16-,17+/m0/s1. The summed E-state index contributed by atoms with van der Waals surface area (Å²) in [4.78, 5) is 18.9. The number of carbonyl (C=O) groups excluding carboxylic acids is 1. The first-order valence-electron chi connectivity index (χ1n) is 8.42. The summed E-state index contributed by atoms with van der Waals surface area (Å²) in [6.07, 6.45) is 6.42. The summed E-state index contributed by atoms with van der Waals surface area (Å²) >= 11 is 0. The molecule has 3 atom stereocenters. The number of benzene rings is 1. The van der Waals surface area contributed by atoms with Crippen LogP contribution in [-0.4, -0.2) is 38.7 Å². The van der Waals surface area contributed by atoms with Crippen LogP contribution in [0, 0.1) is 12.8 Å². The minimum atomic E-state index is 0.172. The SMILES string of the molecule is Cc1cccc([C@@H]2C[C@H]2C(=O)N2CCC[C@H](n3cncn3)C2)c1. The zero-order chi connectivity index (χ0) is 15.8. The number of piperidine rings is 1. The number of aryl methyl sites for hydroxylation is 1. The zero-order valence-electron chi connectivity index (χ0n) is 13.4. The lowest BCUT2D eigenvalue weighted by atomic mass is 10.0. The monoisotopic (exact) mass is 310 g/mol. The Morgan fingerprint density at radius 3 is 3.04 bits per heavy atom. The zero-order valence-corrected chi connectivity index (χ0v) is 13.4. The van der Waals surface area contributed by atoms with E-state index in [4.69, 9.17) is 0 Å². The van der Waals surface area contributed by atoms with Gasteiger partial charge in [-0.3, -0.25) is 4.79 Å². The number of nitrogens with zero attached hydrogens (tertiary/aromatic N) is 4. The lowest BCUT2D eigenvalue weighted by molar-refractivity contribution is -0.134. The molecule has 1 amide bonds. The van der Waals surface area contributed by atoms with Crippen LogP contribution in [0.2, 0.25) is 0 Å². The van der Waals surface area contributed by atoms with E-state index in [1.165, 1.54) is 11.1 Å². The van der Waals surface area contributed by atoms with Crippen LogP contribution >= 0.6 is 0 Å². The van der Waals surface area contributed by atoms with Crippen molar-refractivity contribution in [1.29, 1.82) is 0 Å². The first-order valence-corrected chi connectivity index (χ1v) is 8.42. The third kappa shape index (κ3) is 2.87. The second kappa shape index (κ2) is 5.80. The molecule has 0 unspecified atom stereocenters. The van der Waals surface area contributed by atoms with Crippen molar-refractivity contribution in [3.63, 3.8) is 0 Å². The van der Waals surface area contributed by atoms with Crippen LogP contribution < -0.4 is 0 Å². The van der Waals surface area contributed by atoms with Crippen molar-refractivity contribution >= 4 is 5.91 Å². The Morgan fingerprint density at radius 1 is 1.35 bits per heavy atom. The molecule has 1 aromatic heterocycles. The molecule has 0 spiro atoms. The van der Waals surface area contributed by atoms with Gasteiger partial charge in [0, 0.05) is 19.0 Å². The van der Waals surface area contributed by atoms with E-state index in [9.17, 15) is 4.79 Å². The van der Waals surface area contributed by atoms with Gasteiger partial charge in [-0.05, 0) is 37.7 Å². The van der Waals surface area contributed by atoms with Crippen LogP contribution in [0.5, 0.6) is 0 Å². The van der Waals surface area contributed by atoms with E-state index in [0.717, 1.165) is 32.4 Å². The molecule has 5 heteroatoms. The largest absolute Gasteiger partial charge is 0.340 e. The lowest BCUT2D eigenvalue weighted by Gasteiger charge is -2.32. The van der Waals surface area contributed by atoms with Crippen LogP contribution in [0.1, 0.15) is 42.3 Å². The van der Waals surface area contributed by atoms with Gasteiger partial charge in [0.15, 0.2) is 0 Å². The van der Waals surface area contributed by atoms with Crippen molar-refractivity contribution in [2.75, 3.05) is 13.1 Å². The number of hydrogen-bond donors (Lipinski definition) is 0. The summed E-state index contributed by atoms with van der Waals surface area (Å²) in [5.41, 5.74) is 2.58. The highest BCUT2D eigenvalue weighted by molar-refractivity contribution is 5.83.